The van der Waals surface area contributed by atoms with Crippen molar-refractivity contribution in [2.75, 3.05) is 19.8 Å². The first-order chi connectivity index (χ1) is 7.31. The topological polar surface area (TPSA) is 55.5 Å². The van der Waals surface area contributed by atoms with E-state index < -0.39 is 6.10 Å². The molecule has 1 heterocycles. The highest BCUT2D eigenvalue weighted by Crippen LogP contribution is 2.26. The number of ether oxygens (including phenoxy) is 1. The fourth-order valence-corrected chi connectivity index (χ4v) is 1.95. The van der Waals surface area contributed by atoms with Gasteiger partial charge in [-0.3, -0.25) is 0 Å². The highest BCUT2D eigenvalue weighted by Gasteiger charge is 2.18. The summed E-state index contributed by atoms with van der Waals surface area (Å²) in [5.41, 5.74) is 7.59. The number of rotatable bonds is 3. The molecule has 82 valence electrons. The van der Waals surface area contributed by atoms with E-state index in [4.69, 9.17) is 10.5 Å². The second-order valence-electron chi connectivity index (χ2n) is 3.98. The molecule has 3 N–H and O–H groups in total. The Bertz CT molecular complexity index is 321. The summed E-state index contributed by atoms with van der Waals surface area (Å²) in [5, 5.41) is 9.64. The zero-order valence-corrected chi connectivity index (χ0v) is 8.73. The van der Waals surface area contributed by atoms with Crippen molar-refractivity contribution in [2.24, 2.45) is 5.73 Å². The molecule has 3 nitrogen and oxygen atoms in total. The third-order valence-electron chi connectivity index (χ3n) is 2.92. The van der Waals surface area contributed by atoms with Gasteiger partial charge in [0.25, 0.3) is 0 Å². The van der Waals surface area contributed by atoms with Crippen LogP contribution in [0, 0.1) is 0 Å². The maximum atomic E-state index is 9.64. The predicted molar refractivity (Wildman–Crippen MR) is 58.6 cm³/mol. The number of aliphatic hydroxyl groups excluding tert-OH is 1. The number of aliphatic hydroxyl groups is 1. The van der Waals surface area contributed by atoms with E-state index in [9.17, 15) is 5.11 Å². The van der Waals surface area contributed by atoms with E-state index in [2.05, 4.69) is 6.07 Å². The van der Waals surface area contributed by atoms with Crippen LogP contribution >= 0.6 is 0 Å². The van der Waals surface area contributed by atoms with Crippen LogP contribution < -0.4 is 5.73 Å². The fraction of sp³-hybridized carbons (Fsp3) is 0.500. The Morgan fingerprint density at radius 2 is 2.40 bits per heavy atom. The lowest BCUT2D eigenvalue weighted by Gasteiger charge is -2.12. The SMILES string of the molecule is NCC(O)c1cccc(C2CCOC2)c1. The first-order valence-corrected chi connectivity index (χ1v) is 5.37. The molecule has 0 radical (unpaired) electrons. The first kappa shape index (κ1) is 10.6. The lowest BCUT2D eigenvalue weighted by Crippen LogP contribution is -2.12. The van der Waals surface area contributed by atoms with Crippen LogP contribution in [0.5, 0.6) is 0 Å². The maximum absolute atomic E-state index is 9.64. The van der Waals surface area contributed by atoms with Crippen molar-refractivity contribution in [3.63, 3.8) is 0 Å². The molecular weight excluding hydrogens is 190 g/mol. The summed E-state index contributed by atoms with van der Waals surface area (Å²) < 4.78 is 5.35. The van der Waals surface area contributed by atoms with Crippen LogP contribution in [-0.2, 0) is 4.74 Å². The molecule has 0 amide bonds. The standard InChI is InChI=1S/C12H17NO2/c13-7-12(14)10-3-1-2-9(6-10)11-4-5-15-8-11/h1-3,6,11-12,14H,4-5,7-8,13H2. The van der Waals surface area contributed by atoms with Gasteiger partial charge in [0.1, 0.15) is 0 Å². The minimum atomic E-state index is -0.549. The van der Waals surface area contributed by atoms with Gasteiger partial charge in [-0.2, -0.15) is 0 Å². The number of hydrogen-bond donors (Lipinski definition) is 2. The summed E-state index contributed by atoms with van der Waals surface area (Å²) in [6.45, 7) is 1.90. The zero-order valence-electron chi connectivity index (χ0n) is 8.73. The number of hydrogen-bond acceptors (Lipinski definition) is 3. The predicted octanol–water partition coefficient (Wildman–Crippen LogP) is 1.18. The molecule has 0 bridgehead atoms. The summed E-state index contributed by atoms with van der Waals surface area (Å²) in [6.07, 6.45) is 0.523. The molecule has 2 unspecified atom stereocenters. The third-order valence-corrected chi connectivity index (χ3v) is 2.92. The average molecular weight is 207 g/mol. The average Bonchev–Trinajstić information content (AvgIpc) is 2.82. The van der Waals surface area contributed by atoms with Gasteiger partial charge in [-0.15, -0.1) is 0 Å². The minimum Gasteiger partial charge on any atom is -0.387 e. The summed E-state index contributed by atoms with van der Waals surface area (Å²) in [7, 11) is 0. The normalized spacial score (nSPS) is 22.9. The largest absolute Gasteiger partial charge is 0.387 e. The van der Waals surface area contributed by atoms with Crippen molar-refractivity contribution < 1.29 is 9.84 Å². The van der Waals surface area contributed by atoms with Gasteiger partial charge in [0.15, 0.2) is 0 Å². The van der Waals surface area contributed by atoms with Crippen molar-refractivity contribution >= 4 is 0 Å². The molecule has 0 spiro atoms. The molecule has 1 fully saturated rings. The van der Waals surface area contributed by atoms with Crippen LogP contribution in [0.2, 0.25) is 0 Å². The van der Waals surface area contributed by atoms with Crippen LogP contribution in [0.15, 0.2) is 24.3 Å². The van der Waals surface area contributed by atoms with E-state index in [1.54, 1.807) is 0 Å². The summed E-state index contributed by atoms with van der Waals surface area (Å²) >= 11 is 0. The van der Waals surface area contributed by atoms with Crippen LogP contribution in [0.1, 0.15) is 29.6 Å². The van der Waals surface area contributed by atoms with E-state index in [-0.39, 0.29) is 6.54 Å². The Hall–Kier alpha value is -0.900. The Morgan fingerprint density at radius 1 is 1.53 bits per heavy atom. The lowest BCUT2D eigenvalue weighted by molar-refractivity contribution is 0.186. The molecular formula is C12H17NO2. The number of nitrogens with two attached hydrogens (primary N) is 1. The summed E-state index contributed by atoms with van der Waals surface area (Å²) in [6, 6.07) is 8.02. The minimum absolute atomic E-state index is 0.268. The van der Waals surface area contributed by atoms with Gasteiger partial charge >= 0.3 is 0 Å². The zero-order chi connectivity index (χ0) is 10.7. The lowest BCUT2D eigenvalue weighted by atomic mass is 9.95. The van der Waals surface area contributed by atoms with Gasteiger partial charge in [0, 0.05) is 19.1 Å². The highest BCUT2D eigenvalue weighted by atomic mass is 16.5. The molecule has 0 saturated carbocycles. The molecule has 1 aliphatic heterocycles. The Morgan fingerprint density at radius 3 is 3.07 bits per heavy atom. The highest BCUT2D eigenvalue weighted by molar-refractivity contribution is 5.28. The van der Waals surface area contributed by atoms with Crippen LogP contribution in [0.25, 0.3) is 0 Å². The molecule has 3 heteroatoms. The Labute approximate surface area is 89.9 Å². The van der Waals surface area contributed by atoms with Crippen LogP contribution in [-0.4, -0.2) is 24.9 Å². The van der Waals surface area contributed by atoms with Crippen LogP contribution in [0.3, 0.4) is 0 Å². The van der Waals surface area contributed by atoms with E-state index in [0.717, 1.165) is 25.2 Å². The molecule has 0 aliphatic carbocycles. The maximum Gasteiger partial charge on any atom is 0.0912 e. The van der Waals surface area contributed by atoms with Crippen LogP contribution in [0.4, 0.5) is 0 Å². The third kappa shape index (κ3) is 2.37. The Balaban J connectivity index is 2.18. The van der Waals surface area contributed by atoms with Gasteiger partial charge in [0.05, 0.1) is 12.7 Å². The summed E-state index contributed by atoms with van der Waals surface area (Å²) in [5.74, 6) is 0.481. The van der Waals surface area contributed by atoms with Crippen molar-refractivity contribution in [1.29, 1.82) is 0 Å². The van der Waals surface area contributed by atoms with Gasteiger partial charge in [0.2, 0.25) is 0 Å². The smallest absolute Gasteiger partial charge is 0.0912 e. The molecule has 15 heavy (non-hydrogen) atoms. The second kappa shape index (κ2) is 4.75. The van der Waals surface area contributed by atoms with Gasteiger partial charge in [-0.1, -0.05) is 24.3 Å². The summed E-state index contributed by atoms with van der Waals surface area (Å²) in [4.78, 5) is 0. The molecule has 1 aromatic rings. The van der Waals surface area contributed by atoms with Crippen molar-refractivity contribution in [1.82, 2.24) is 0 Å². The first-order valence-electron chi connectivity index (χ1n) is 5.37. The van der Waals surface area contributed by atoms with E-state index >= 15 is 0 Å². The quantitative estimate of drug-likeness (QED) is 0.782. The molecule has 0 aromatic heterocycles. The van der Waals surface area contributed by atoms with E-state index in [0.29, 0.717) is 5.92 Å². The molecule has 2 atom stereocenters. The van der Waals surface area contributed by atoms with E-state index in [1.807, 2.05) is 18.2 Å². The monoisotopic (exact) mass is 207 g/mol. The fourth-order valence-electron chi connectivity index (χ4n) is 1.95. The second-order valence-corrected chi connectivity index (χ2v) is 3.98. The molecule has 1 aromatic carbocycles. The van der Waals surface area contributed by atoms with Crippen molar-refractivity contribution in [3.8, 4) is 0 Å². The van der Waals surface area contributed by atoms with Gasteiger partial charge in [-0.05, 0) is 17.5 Å². The van der Waals surface area contributed by atoms with E-state index in [1.165, 1.54) is 5.56 Å². The van der Waals surface area contributed by atoms with Crippen molar-refractivity contribution in [2.45, 2.75) is 18.4 Å². The molecule has 2 rings (SSSR count). The molecule has 1 aliphatic rings. The van der Waals surface area contributed by atoms with Gasteiger partial charge < -0.3 is 15.6 Å². The van der Waals surface area contributed by atoms with Crippen molar-refractivity contribution in [3.05, 3.63) is 35.4 Å². The molecule has 1 saturated heterocycles. The Kier molecular flexibility index (Phi) is 3.36. The number of benzene rings is 1. The van der Waals surface area contributed by atoms with Gasteiger partial charge in [-0.25, -0.2) is 0 Å².